The number of aryl methyl sites for hydroxylation is 2. The largest absolute Gasteiger partial charge is 0.180 e. The lowest BCUT2D eigenvalue weighted by Gasteiger charge is -2.33. The van der Waals surface area contributed by atoms with Gasteiger partial charge in [-0.25, -0.2) is 0 Å². The summed E-state index contributed by atoms with van der Waals surface area (Å²) in [5.41, 5.74) is 8.28. The molecule has 2 heteroatoms. The second-order valence-electron chi connectivity index (χ2n) is 13.0. The molecular formula is C44H34Si2. The van der Waals surface area contributed by atoms with E-state index < -0.39 is 16.1 Å². The molecule has 0 spiro atoms. The standard InChI is InChI=1S/C44H34Si2/c1-31-23-25-37-39-29-44-40(30-43(39)45(41(37)27-31,33-15-7-3-8-16-33)34-17-9-4-10-18-34)38-26-24-32(2)28-42(38)46(44,35-19-11-5-12-20-35)36-21-13-6-14-22-36/h3-30H,1-2H3. The lowest BCUT2D eigenvalue weighted by molar-refractivity contribution is 1.49. The Bertz CT molecular complexity index is 2010. The summed E-state index contributed by atoms with van der Waals surface area (Å²) >= 11 is 0. The molecule has 0 unspecified atom stereocenters. The van der Waals surface area contributed by atoms with E-state index in [2.05, 4.69) is 184 Å². The summed E-state index contributed by atoms with van der Waals surface area (Å²) in [5, 5.41) is 11.8. The smallest absolute Gasteiger partial charge is 0.0623 e. The van der Waals surface area contributed by atoms with Gasteiger partial charge in [-0.05, 0) is 77.6 Å². The Kier molecular flexibility index (Phi) is 6.08. The molecule has 0 bridgehead atoms. The van der Waals surface area contributed by atoms with E-state index in [0.29, 0.717) is 0 Å². The topological polar surface area (TPSA) is 0 Å². The molecule has 0 nitrogen and oxygen atoms in total. The molecule has 0 saturated heterocycles. The Hall–Kier alpha value is -5.03. The fourth-order valence-electron chi connectivity index (χ4n) is 8.69. The zero-order valence-electron chi connectivity index (χ0n) is 26.2. The van der Waals surface area contributed by atoms with Gasteiger partial charge in [0.2, 0.25) is 0 Å². The molecule has 2 aliphatic heterocycles. The van der Waals surface area contributed by atoms with Crippen molar-refractivity contribution in [2.24, 2.45) is 0 Å². The van der Waals surface area contributed by atoms with Crippen LogP contribution in [0, 0.1) is 13.8 Å². The maximum atomic E-state index is 2.65. The van der Waals surface area contributed by atoms with Crippen molar-refractivity contribution in [1.82, 2.24) is 0 Å². The normalized spacial score (nSPS) is 14.7. The zero-order valence-corrected chi connectivity index (χ0v) is 28.2. The highest BCUT2D eigenvalue weighted by Crippen LogP contribution is 2.35. The van der Waals surface area contributed by atoms with Gasteiger partial charge in [0.1, 0.15) is 0 Å². The van der Waals surface area contributed by atoms with Crippen LogP contribution in [0.15, 0.2) is 170 Å². The molecule has 0 aromatic heterocycles. The van der Waals surface area contributed by atoms with Crippen LogP contribution in [0.2, 0.25) is 0 Å². The summed E-state index contributed by atoms with van der Waals surface area (Å²) < 4.78 is 0. The van der Waals surface area contributed by atoms with E-state index in [0.717, 1.165) is 0 Å². The van der Waals surface area contributed by atoms with Crippen molar-refractivity contribution in [2.75, 3.05) is 0 Å². The van der Waals surface area contributed by atoms with Crippen molar-refractivity contribution < 1.29 is 0 Å². The highest BCUT2D eigenvalue weighted by Gasteiger charge is 2.53. The van der Waals surface area contributed by atoms with E-state index in [1.807, 2.05) is 0 Å². The Morgan fingerprint density at radius 1 is 0.283 bits per heavy atom. The molecule has 0 radical (unpaired) electrons. The van der Waals surface area contributed by atoms with Crippen LogP contribution in [0.25, 0.3) is 22.3 Å². The first-order chi connectivity index (χ1) is 22.6. The van der Waals surface area contributed by atoms with Gasteiger partial charge in [-0.3, -0.25) is 0 Å². The van der Waals surface area contributed by atoms with Gasteiger partial charge in [0, 0.05) is 0 Å². The Morgan fingerprint density at radius 3 is 0.870 bits per heavy atom. The van der Waals surface area contributed by atoms with Crippen LogP contribution in [0.5, 0.6) is 0 Å². The van der Waals surface area contributed by atoms with Gasteiger partial charge in [0.05, 0.1) is 0 Å². The third-order valence-electron chi connectivity index (χ3n) is 10.5. The van der Waals surface area contributed by atoms with Crippen molar-refractivity contribution >= 4 is 57.6 Å². The van der Waals surface area contributed by atoms with Gasteiger partial charge >= 0.3 is 0 Å². The minimum Gasteiger partial charge on any atom is -0.0623 e. The SMILES string of the molecule is Cc1ccc2c(c1)[Si](c1ccccc1)(c1ccccc1)c1cc3c(cc1-2)[Si](c1ccccc1)(c1ccccc1)c1cc(C)ccc1-3. The lowest BCUT2D eigenvalue weighted by Crippen LogP contribution is -2.74. The Labute approximate surface area is 273 Å². The number of fused-ring (bicyclic) bond motifs is 6. The van der Waals surface area contributed by atoms with Gasteiger partial charge in [0.15, 0.2) is 16.1 Å². The average molecular weight is 619 g/mol. The van der Waals surface area contributed by atoms with Gasteiger partial charge in [-0.1, -0.05) is 181 Å². The fraction of sp³-hybridized carbons (Fsp3) is 0.0455. The monoisotopic (exact) mass is 618 g/mol. The van der Waals surface area contributed by atoms with E-state index in [-0.39, 0.29) is 0 Å². The summed E-state index contributed by atoms with van der Waals surface area (Å²) in [7, 11) is -5.24. The highest BCUT2D eigenvalue weighted by molar-refractivity contribution is 7.24. The fourth-order valence-corrected chi connectivity index (χ4v) is 19.3. The molecule has 0 N–H and O–H groups in total. The molecule has 2 aliphatic rings. The summed E-state index contributed by atoms with van der Waals surface area (Å²) in [6, 6.07) is 65.3. The van der Waals surface area contributed by atoms with Crippen LogP contribution in [-0.2, 0) is 0 Å². The molecule has 0 fully saturated rings. The third-order valence-corrected chi connectivity index (χ3v) is 20.2. The zero-order chi connectivity index (χ0) is 30.9. The first kappa shape index (κ1) is 27.3. The Balaban J connectivity index is 1.47. The van der Waals surface area contributed by atoms with Crippen LogP contribution in [0.4, 0.5) is 0 Å². The number of rotatable bonds is 4. The van der Waals surface area contributed by atoms with Crippen molar-refractivity contribution in [3.8, 4) is 22.3 Å². The molecular weight excluding hydrogens is 585 g/mol. The van der Waals surface area contributed by atoms with Gasteiger partial charge in [0.25, 0.3) is 0 Å². The Morgan fingerprint density at radius 2 is 0.565 bits per heavy atom. The summed E-state index contributed by atoms with van der Waals surface area (Å²) in [6.07, 6.45) is 0. The molecule has 46 heavy (non-hydrogen) atoms. The maximum absolute atomic E-state index is 2.65. The quantitative estimate of drug-likeness (QED) is 0.243. The number of hydrogen-bond acceptors (Lipinski definition) is 0. The minimum atomic E-state index is -2.62. The molecule has 0 amide bonds. The molecule has 0 aliphatic carbocycles. The van der Waals surface area contributed by atoms with Crippen molar-refractivity contribution in [2.45, 2.75) is 13.8 Å². The van der Waals surface area contributed by atoms with Crippen molar-refractivity contribution in [3.63, 3.8) is 0 Å². The second-order valence-corrected chi connectivity index (χ2v) is 20.5. The average Bonchev–Trinajstić information content (AvgIpc) is 3.55. The van der Waals surface area contributed by atoms with E-state index in [1.54, 1.807) is 0 Å². The third kappa shape index (κ3) is 3.60. The van der Waals surface area contributed by atoms with Gasteiger partial charge < -0.3 is 0 Å². The van der Waals surface area contributed by atoms with E-state index in [9.17, 15) is 0 Å². The summed E-state index contributed by atoms with van der Waals surface area (Å²) in [5.74, 6) is 0. The van der Waals surface area contributed by atoms with Crippen LogP contribution < -0.4 is 41.5 Å². The first-order valence-electron chi connectivity index (χ1n) is 16.3. The molecule has 218 valence electrons. The predicted octanol–water partition coefficient (Wildman–Crippen LogP) is 5.02. The molecule has 7 aromatic rings. The number of hydrogen-bond donors (Lipinski definition) is 0. The van der Waals surface area contributed by atoms with Crippen molar-refractivity contribution in [3.05, 3.63) is 181 Å². The van der Waals surface area contributed by atoms with E-state index in [1.165, 1.54) is 74.9 Å². The summed E-state index contributed by atoms with van der Waals surface area (Å²) in [6.45, 7) is 4.50. The first-order valence-corrected chi connectivity index (χ1v) is 20.3. The second kappa shape index (κ2) is 10.2. The molecule has 9 rings (SSSR count). The molecule has 0 atom stereocenters. The van der Waals surface area contributed by atoms with Crippen molar-refractivity contribution in [1.29, 1.82) is 0 Å². The van der Waals surface area contributed by atoms with Crippen LogP contribution in [0.3, 0.4) is 0 Å². The number of benzene rings is 7. The van der Waals surface area contributed by atoms with Crippen LogP contribution in [0.1, 0.15) is 11.1 Å². The highest BCUT2D eigenvalue weighted by atomic mass is 28.3. The molecule has 2 heterocycles. The van der Waals surface area contributed by atoms with Gasteiger partial charge in [-0.15, -0.1) is 0 Å². The minimum absolute atomic E-state index is 1.32. The van der Waals surface area contributed by atoms with Gasteiger partial charge in [-0.2, -0.15) is 0 Å². The van der Waals surface area contributed by atoms with E-state index in [4.69, 9.17) is 0 Å². The predicted molar refractivity (Wildman–Crippen MR) is 201 cm³/mol. The van der Waals surface area contributed by atoms with E-state index >= 15 is 0 Å². The molecule has 7 aromatic carbocycles. The van der Waals surface area contributed by atoms with Crippen LogP contribution >= 0.6 is 0 Å². The lowest BCUT2D eigenvalue weighted by atomic mass is 9.99. The molecule has 0 saturated carbocycles. The van der Waals surface area contributed by atoms with Crippen LogP contribution in [-0.4, -0.2) is 16.1 Å². The maximum Gasteiger partial charge on any atom is 0.180 e. The summed E-state index contributed by atoms with van der Waals surface area (Å²) in [4.78, 5) is 0.